The van der Waals surface area contributed by atoms with Gasteiger partial charge in [-0.15, -0.1) is 10.2 Å². The van der Waals surface area contributed by atoms with E-state index in [0.29, 0.717) is 5.65 Å². The van der Waals surface area contributed by atoms with Crippen molar-refractivity contribution in [3.05, 3.63) is 52.6 Å². The van der Waals surface area contributed by atoms with Gasteiger partial charge in [-0.3, -0.25) is 13.8 Å². The summed E-state index contributed by atoms with van der Waals surface area (Å²) >= 11 is 1.69. The Morgan fingerprint density at radius 2 is 2.13 bits per heavy atom. The van der Waals surface area contributed by atoms with Crippen LogP contribution in [0, 0.1) is 12.8 Å². The van der Waals surface area contributed by atoms with Gasteiger partial charge in [-0.2, -0.15) is 0 Å². The molecular weight excluding hydrogens is 308 g/mol. The second-order valence-electron chi connectivity index (χ2n) is 6.10. The second kappa shape index (κ2) is 5.85. The number of aryl methyl sites for hydroxylation is 1. The van der Waals surface area contributed by atoms with E-state index in [2.05, 4.69) is 10.2 Å². The Bertz CT molecular complexity index is 910. The molecule has 0 spiro atoms. The largest absolute Gasteiger partial charge is 0.300 e. The lowest BCUT2D eigenvalue weighted by Gasteiger charge is -2.24. The summed E-state index contributed by atoms with van der Waals surface area (Å²) in [7, 11) is 0. The first-order chi connectivity index (χ1) is 11.2. The average molecular weight is 326 g/mol. The van der Waals surface area contributed by atoms with E-state index in [-0.39, 0.29) is 5.56 Å². The Morgan fingerprint density at radius 1 is 1.26 bits per heavy atom. The summed E-state index contributed by atoms with van der Waals surface area (Å²) in [5, 5.41) is 9.11. The van der Waals surface area contributed by atoms with Crippen LogP contribution >= 0.6 is 11.8 Å². The van der Waals surface area contributed by atoms with Gasteiger partial charge in [-0.05, 0) is 43.4 Å². The summed E-state index contributed by atoms with van der Waals surface area (Å²) in [4.78, 5) is 12.7. The maximum absolute atomic E-state index is 12.7. The number of aromatic nitrogens is 4. The quantitative estimate of drug-likeness (QED) is 0.691. The van der Waals surface area contributed by atoms with Gasteiger partial charge in [0.15, 0.2) is 5.16 Å². The molecule has 0 bridgehead atoms. The van der Waals surface area contributed by atoms with Crippen LogP contribution in [0.25, 0.3) is 11.3 Å². The van der Waals surface area contributed by atoms with E-state index in [4.69, 9.17) is 0 Å². The Morgan fingerprint density at radius 3 is 2.87 bits per heavy atom. The number of rotatable bonds is 4. The fourth-order valence-electron chi connectivity index (χ4n) is 2.80. The third-order valence-corrected chi connectivity index (χ3v) is 5.57. The third kappa shape index (κ3) is 2.67. The highest BCUT2D eigenvalue weighted by Crippen LogP contribution is 2.31. The third-order valence-electron chi connectivity index (χ3n) is 4.39. The molecule has 1 aromatic carbocycles. The monoisotopic (exact) mass is 326 g/mol. The Hall–Kier alpha value is -2.08. The molecule has 0 aliphatic heterocycles. The molecule has 118 valence electrons. The highest BCUT2D eigenvalue weighted by Gasteiger charge is 2.19. The van der Waals surface area contributed by atoms with Crippen LogP contribution in [0.5, 0.6) is 0 Å². The van der Waals surface area contributed by atoms with E-state index in [1.54, 1.807) is 26.9 Å². The number of hydrogen-bond donors (Lipinski definition) is 0. The van der Waals surface area contributed by atoms with Crippen molar-refractivity contribution in [1.82, 2.24) is 19.2 Å². The molecule has 2 heterocycles. The smallest absolute Gasteiger partial charge is 0.280 e. The summed E-state index contributed by atoms with van der Waals surface area (Å²) in [6.07, 6.45) is 7.63. The van der Waals surface area contributed by atoms with Gasteiger partial charge in [0.1, 0.15) is 0 Å². The number of benzene rings is 1. The summed E-state index contributed by atoms with van der Waals surface area (Å²) in [6, 6.07) is 7.87. The van der Waals surface area contributed by atoms with Crippen LogP contribution in [0.4, 0.5) is 0 Å². The normalized spacial score (nSPS) is 15.0. The average Bonchev–Trinajstić information content (AvgIpc) is 2.90. The number of nitrogens with zero attached hydrogens (tertiary/aromatic N) is 4. The lowest BCUT2D eigenvalue weighted by molar-refractivity contribution is 0.353. The van der Waals surface area contributed by atoms with Crippen LogP contribution in [0.3, 0.4) is 0 Å². The molecule has 1 aliphatic rings. The molecule has 0 atom stereocenters. The van der Waals surface area contributed by atoms with Crippen molar-refractivity contribution >= 4 is 17.4 Å². The van der Waals surface area contributed by atoms with Crippen molar-refractivity contribution in [3.63, 3.8) is 0 Å². The van der Waals surface area contributed by atoms with E-state index >= 15 is 0 Å². The van der Waals surface area contributed by atoms with Crippen molar-refractivity contribution in [2.24, 2.45) is 5.92 Å². The van der Waals surface area contributed by atoms with Gasteiger partial charge in [-0.25, -0.2) is 0 Å². The Balaban J connectivity index is 1.70. The van der Waals surface area contributed by atoms with Crippen molar-refractivity contribution in [1.29, 1.82) is 0 Å². The van der Waals surface area contributed by atoms with E-state index in [1.165, 1.54) is 19.3 Å². The van der Waals surface area contributed by atoms with Crippen LogP contribution in [0.2, 0.25) is 0 Å². The molecule has 2 aromatic heterocycles. The maximum Gasteiger partial charge on any atom is 0.300 e. The minimum atomic E-state index is -0.138. The van der Waals surface area contributed by atoms with Crippen molar-refractivity contribution in [2.45, 2.75) is 31.3 Å². The molecule has 0 N–H and O–H groups in total. The molecule has 4 rings (SSSR count). The van der Waals surface area contributed by atoms with Crippen molar-refractivity contribution < 1.29 is 0 Å². The fourth-order valence-corrected chi connectivity index (χ4v) is 3.90. The summed E-state index contributed by atoms with van der Waals surface area (Å²) < 4.78 is 3.43. The van der Waals surface area contributed by atoms with Gasteiger partial charge < -0.3 is 0 Å². The zero-order valence-corrected chi connectivity index (χ0v) is 13.8. The van der Waals surface area contributed by atoms with E-state index in [0.717, 1.165) is 28.1 Å². The molecule has 1 saturated carbocycles. The summed E-state index contributed by atoms with van der Waals surface area (Å²) in [5.74, 6) is 1.85. The standard InChI is InChI=1S/C17H18N4OS/c1-12-4-2-7-14(10-12)20-8-9-21-15(16(20)22)18-19-17(21)23-11-13-5-3-6-13/h2,4,7-10,13H,3,5-6,11H2,1H3. The minimum Gasteiger partial charge on any atom is -0.280 e. The van der Waals surface area contributed by atoms with Gasteiger partial charge in [0.25, 0.3) is 0 Å². The van der Waals surface area contributed by atoms with Crippen LogP contribution in [-0.4, -0.2) is 24.9 Å². The highest BCUT2D eigenvalue weighted by atomic mass is 32.2. The predicted octanol–water partition coefficient (Wildman–Crippen LogP) is 3.08. The topological polar surface area (TPSA) is 52.2 Å². The predicted molar refractivity (Wildman–Crippen MR) is 91.4 cm³/mol. The lowest BCUT2D eigenvalue weighted by atomic mass is 9.87. The van der Waals surface area contributed by atoms with E-state index < -0.39 is 0 Å². The molecular formula is C17H18N4OS. The molecule has 1 aliphatic carbocycles. The summed E-state index contributed by atoms with van der Waals surface area (Å²) in [6.45, 7) is 2.01. The Kier molecular flexibility index (Phi) is 3.69. The second-order valence-corrected chi connectivity index (χ2v) is 7.08. The van der Waals surface area contributed by atoms with Crippen LogP contribution < -0.4 is 5.56 Å². The first-order valence-corrected chi connectivity index (χ1v) is 8.87. The Labute approximate surface area is 138 Å². The molecule has 5 nitrogen and oxygen atoms in total. The number of fused-ring (bicyclic) bond motifs is 1. The van der Waals surface area contributed by atoms with Gasteiger partial charge in [0.2, 0.25) is 5.65 Å². The van der Waals surface area contributed by atoms with Gasteiger partial charge in [0, 0.05) is 23.8 Å². The first-order valence-electron chi connectivity index (χ1n) is 7.88. The lowest BCUT2D eigenvalue weighted by Crippen LogP contribution is -2.20. The van der Waals surface area contributed by atoms with Crippen molar-refractivity contribution in [3.8, 4) is 5.69 Å². The molecule has 6 heteroatoms. The van der Waals surface area contributed by atoms with Gasteiger partial charge in [-0.1, -0.05) is 30.3 Å². The molecule has 0 unspecified atom stereocenters. The zero-order chi connectivity index (χ0) is 15.8. The number of hydrogen-bond acceptors (Lipinski definition) is 4. The first kappa shape index (κ1) is 14.5. The molecule has 3 aromatic rings. The zero-order valence-electron chi connectivity index (χ0n) is 13.0. The van der Waals surface area contributed by atoms with E-state index in [1.807, 2.05) is 37.4 Å². The van der Waals surface area contributed by atoms with Crippen LogP contribution in [-0.2, 0) is 0 Å². The molecule has 0 radical (unpaired) electrons. The molecule has 23 heavy (non-hydrogen) atoms. The van der Waals surface area contributed by atoms with Crippen LogP contribution in [0.1, 0.15) is 24.8 Å². The molecule has 0 amide bonds. The molecule has 0 saturated heterocycles. The summed E-state index contributed by atoms with van der Waals surface area (Å²) in [5.41, 5.74) is 2.21. The van der Waals surface area contributed by atoms with Crippen LogP contribution in [0.15, 0.2) is 46.6 Å². The molecule has 1 fully saturated rings. The fraction of sp³-hybridized carbons (Fsp3) is 0.353. The van der Waals surface area contributed by atoms with E-state index in [9.17, 15) is 4.79 Å². The maximum atomic E-state index is 12.7. The number of thioether (sulfide) groups is 1. The van der Waals surface area contributed by atoms with Crippen molar-refractivity contribution in [2.75, 3.05) is 5.75 Å². The van der Waals surface area contributed by atoms with Gasteiger partial charge >= 0.3 is 5.56 Å². The highest BCUT2D eigenvalue weighted by molar-refractivity contribution is 7.99. The minimum absolute atomic E-state index is 0.138. The van der Waals surface area contributed by atoms with Gasteiger partial charge in [0.05, 0.1) is 0 Å². The SMILES string of the molecule is Cc1cccc(-n2ccn3c(SCC4CCC4)nnc3c2=O)c1.